The summed E-state index contributed by atoms with van der Waals surface area (Å²) in [5.74, 6) is -0.637. The summed E-state index contributed by atoms with van der Waals surface area (Å²) in [5, 5.41) is 12.0. The molecule has 5 heteroatoms. The molecule has 0 spiro atoms. The SMILES string of the molecule is C[C@@]12OC(=O)[C@]1(CC1C=CCCC1)NC(=O)C2CCO. The normalized spacial score (nSPS) is 42.7. The first kappa shape index (κ1) is 13.6. The number of ether oxygens (including phenoxy) is 1. The van der Waals surface area contributed by atoms with Gasteiger partial charge in [-0.15, -0.1) is 0 Å². The zero-order valence-corrected chi connectivity index (χ0v) is 11.7. The zero-order chi connectivity index (χ0) is 14.4. The lowest BCUT2D eigenvalue weighted by Gasteiger charge is -2.52. The predicted octanol–water partition coefficient (Wildman–Crippen LogP) is 0.915. The standard InChI is InChI=1S/C15H21NO4/c1-14-11(7-8-17)12(18)16-15(14,13(19)20-14)9-10-5-3-2-4-6-10/h3,5,10-11,17H,2,4,6-9H2,1H3,(H,16,18)/t10?,11?,14-,15-/m0/s1. The van der Waals surface area contributed by atoms with Gasteiger partial charge in [-0.2, -0.15) is 0 Å². The van der Waals surface area contributed by atoms with E-state index < -0.39 is 17.1 Å². The Bertz CT molecular complexity index is 474. The van der Waals surface area contributed by atoms with E-state index >= 15 is 0 Å². The molecule has 1 amide bonds. The number of rotatable bonds is 4. The van der Waals surface area contributed by atoms with Gasteiger partial charge in [-0.25, -0.2) is 4.79 Å². The van der Waals surface area contributed by atoms with Crippen molar-refractivity contribution in [3.8, 4) is 0 Å². The van der Waals surface area contributed by atoms with E-state index in [9.17, 15) is 9.59 Å². The number of amides is 1. The maximum absolute atomic E-state index is 12.2. The highest BCUT2D eigenvalue weighted by Crippen LogP contribution is 2.53. The smallest absolute Gasteiger partial charge is 0.336 e. The first-order valence-electron chi connectivity index (χ1n) is 7.36. The Morgan fingerprint density at radius 1 is 1.50 bits per heavy atom. The van der Waals surface area contributed by atoms with Crippen LogP contribution < -0.4 is 5.32 Å². The van der Waals surface area contributed by atoms with Crippen LogP contribution in [0.4, 0.5) is 0 Å². The summed E-state index contributed by atoms with van der Waals surface area (Å²) in [6, 6.07) is 0. The number of esters is 1. The fourth-order valence-corrected chi connectivity index (χ4v) is 3.93. The van der Waals surface area contributed by atoms with Crippen molar-refractivity contribution in [2.24, 2.45) is 11.8 Å². The van der Waals surface area contributed by atoms with Crippen LogP contribution in [-0.4, -0.2) is 34.7 Å². The van der Waals surface area contributed by atoms with Crippen molar-refractivity contribution in [3.05, 3.63) is 12.2 Å². The van der Waals surface area contributed by atoms with Gasteiger partial charge >= 0.3 is 5.97 Å². The molecule has 0 saturated carbocycles. The Morgan fingerprint density at radius 3 is 2.90 bits per heavy atom. The number of hydrogen-bond donors (Lipinski definition) is 2. The van der Waals surface area contributed by atoms with E-state index in [4.69, 9.17) is 9.84 Å². The molecular formula is C15H21NO4. The molecule has 0 radical (unpaired) electrons. The highest BCUT2D eigenvalue weighted by atomic mass is 16.6. The molecule has 2 saturated heterocycles. The first-order chi connectivity index (χ1) is 9.53. The van der Waals surface area contributed by atoms with Gasteiger partial charge < -0.3 is 15.2 Å². The van der Waals surface area contributed by atoms with Crippen LogP contribution >= 0.6 is 0 Å². The fourth-order valence-electron chi connectivity index (χ4n) is 3.93. The minimum Gasteiger partial charge on any atom is -0.453 e. The third-order valence-corrected chi connectivity index (χ3v) is 5.16. The molecule has 0 bridgehead atoms. The van der Waals surface area contributed by atoms with Gasteiger partial charge in [0.05, 0.1) is 5.92 Å². The summed E-state index contributed by atoms with van der Waals surface area (Å²) >= 11 is 0. The fraction of sp³-hybridized carbons (Fsp3) is 0.733. The van der Waals surface area contributed by atoms with Gasteiger partial charge in [-0.05, 0) is 44.9 Å². The highest BCUT2D eigenvalue weighted by molar-refractivity contribution is 6.01. The molecular weight excluding hydrogens is 258 g/mol. The summed E-state index contributed by atoms with van der Waals surface area (Å²) in [5.41, 5.74) is -1.70. The molecule has 3 aliphatic rings. The third kappa shape index (κ3) is 1.65. The topological polar surface area (TPSA) is 75.6 Å². The Hall–Kier alpha value is -1.36. The van der Waals surface area contributed by atoms with Gasteiger partial charge in [-0.3, -0.25) is 4.79 Å². The number of nitrogens with one attached hydrogen (secondary N) is 1. The number of aliphatic hydroxyl groups is 1. The van der Waals surface area contributed by atoms with Crippen molar-refractivity contribution in [2.75, 3.05) is 6.61 Å². The van der Waals surface area contributed by atoms with Crippen LogP contribution in [0.3, 0.4) is 0 Å². The van der Waals surface area contributed by atoms with Crippen molar-refractivity contribution in [1.29, 1.82) is 0 Å². The van der Waals surface area contributed by atoms with Gasteiger partial charge in [0.25, 0.3) is 0 Å². The van der Waals surface area contributed by atoms with Crippen molar-refractivity contribution in [1.82, 2.24) is 5.32 Å². The van der Waals surface area contributed by atoms with E-state index in [2.05, 4.69) is 17.5 Å². The van der Waals surface area contributed by atoms with Gasteiger partial charge in [0.1, 0.15) is 0 Å². The molecule has 5 nitrogen and oxygen atoms in total. The molecule has 0 aromatic rings. The van der Waals surface area contributed by atoms with Crippen molar-refractivity contribution < 1.29 is 19.4 Å². The molecule has 3 rings (SSSR count). The van der Waals surface area contributed by atoms with Crippen LogP contribution in [0.15, 0.2) is 12.2 Å². The number of fused-ring (bicyclic) bond motifs is 1. The summed E-state index contributed by atoms with van der Waals surface area (Å²) in [7, 11) is 0. The Morgan fingerprint density at radius 2 is 2.30 bits per heavy atom. The number of allylic oxidation sites excluding steroid dienone is 2. The molecule has 110 valence electrons. The quantitative estimate of drug-likeness (QED) is 0.592. The maximum Gasteiger partial charge on any atom is 0.336 e. The molecule has 2 N–H and O–H groups in total. The van der Waals surface area contributed by atoms with Crippen LogP contribution in [-0.2, 0) is 14.3 Å². The summed E-state index contributed by atoms with van der Waals surface area (Å²) < 4.78 is 5.37. The number of aliphatic hydroxyl groups excluding tert-OH is 1. The van der Waals surface area contributed by atoms with Gasteiger partial charge in [0.15, 0.2) is 11.1 Å². The molecule has 1 aliphatic carbocycles. The molecule has 20 heavy (non-hydrogen) atoms. The van der Waals surface area contributed by atoms with Crippen LogP contribution in [0.2, 0.25) is 0 Å². The molecule has 0 aromatic heterocycles. The number of carbonyl (C=O) groups is 2. The highest BCUT2D eigenvalue weighted by Gasteiger charge is 2.75. The van der Waals surface area contributed by atoms with Gasteiger partial charge in [0.2, 0.25) is 5.91 Å². The molecule has 4 atom stereocenters. The van der Waals surface area contributed by atoms with E-state index in [1.807, 2.05) is 6.92 Å². The monoisotopic (exact) mass is 279 g/mol. The molecule has 2 fully saturated rings. The Labute approximate surface area is 118 Å². The lowest BCUT2D eigenvalue weighted by Crippen LogP contribution is -2.74. The summed E-state index contributed by atoms with van der Waals surface area (Å²) in [4.78, 5) is 24.2. The second-order valence-electron chi connectivity index (χ2n) is 6.28. The number of carbonyl (C=O) groups excluding carboxylic acids is 2. The van der Waals surface area contributed by atoms with E-state index in [1.165, 1.54) is 0 Å². The average molecular weight is 279 g/mol. The molecule has 2 heterocycles. The van der Waals surface area contributed by atoms with E-state index in [1.54, 1.807) is 0 Å². The third-order valence-electron chi connectivity index (χ3n) is 5.16. The molecule has 0 aromatic carbocycles. The molecule has 2 aliphatic heterocycles. The minimum atomic E-state index is -0.893. The summed E-state index contributed by atoms with van der Waals surface area (Å²) in [6.45, 7) is 1.74. The second-order valence-corrected chi connectivity index (χ2v) is 6.28. The molecule has 2 unspecified atom stereocenters. The average Bonchev–Trinajstić information content (AvgIpc) is 2.59. The maximum atomic E-state index is 12.2. The van der Waals surface area contributed by atoms with Crippen LogP contribution in [0.5, 0.6) is 0 Å². The van der Waals surface area contributed by atoms with E-state index in [0.717, 1.165) is 19.3 Å². The Kier molecular flexibility index (Phi) is 3.12. The first-order valence-corrected chi connectivity index (χ1v) is 7.36. The zero-order valence-electron chi connectivity index (χ0n) is 11.7. The Balaban J connectivity index is 1.86. The van der Waals surface area contributed by atoms with E-state index in [-0.39, 0.29) is 18.5 Å². The summed E-state index contributed by atoms with van der Waals surface area (Å²) in [6.07, 6.45) is 8.48. The van der Waals surface area contributed by atoms with Crippen LogP contribution in [0.25, 0.3) is 0 Å². The van der Waals surface area contributed by atoms with Crippen molar-refractivity contribution >= 4 is 11.9 Å². The minimum absolute atomic E-state index is 0.0787. The number of hydrogen-bond acceptors (Lipinski definition) is 4. The van der Waals surface area contributed by atoms with Crippen LogP contribution in [0, 0.1) is 11.8 Å². The lowest BCUT2D eigenvalue weighted by molar-refractivity contribution is -0.222. The van der Waals surface area contributed by atoms with E-state index in [0.29, 0.717) is 18.8 Å². The lowest BCUT2D eigenvalue weighted by atomic mass is 9.66. The van der Waals surface area contributed by atoms with Gasteiger partial charge in [0, 0.05) is 6.61 Å². The second kappa shape index (κ2) is 4.58. The van der Waals surface area contributed by atoms with Crippen molar-refractivity contribution in [3.63, 3.8) is 0 Å². The van der Waals surface area contributed by atoms with Crippen molar-refractivity contribution in [2.45, 2.75) is 50.2 Å². The predicted molar refractivity (Wildman–Crippen MR) is 71.7 cm³/mol. The van der Waals surface area contributed by atoms with Crippen LogP contribution in [0.1, 0.15) is 39.0 Å². The largest absolute Gasteiger partial charge is 0.453 e. The van der Waals surface area contributed by atoms with Gasteiger partial charge in [-0.1, -0.05) is 12.2 Å².